The summed E-state index contributed by atoms with van der Waals surface area (Å²) >= 11 is 0. The number of aldehydes is 1. The second kappa shape index (κ2) is 9.70. The van der Waals surface area contributed by atoms with Gasteiger partial charge in [0.2, 0.25) is 5.95 Å². The van der Waals surface area contributed by atoms with Gasteiger partial charge in [0.1, 0.15) is 17.7 Å². The van der Waals surface area contributed by atoms with E-state index in [4.69, 9.17) is 14.7 Å². The van der Waals surface area contributed by atoms with E-state index in [1.54, 1.807) is 0 Å². The second-order valence-corrected chi connectivity index (χ2v) is 11.9. The minimum atomic E-state index is -0.473. The van der Waals surface area contributed by atoms with E-state index < -0.39 is 5.60 Å². The number of rotatable bonds is 7. The number of carbonyl (C=O) groups excluding carboxylic acids is 2. The van der Waals surface area contributed by atoms with Crippen molar-refractivity contribution in [3.63, 3.8) is 0 Å². The van der Waals surface area contributed by atoms with Crippen molar-refractivity contribution in [2.75, 3.05) is 36.4 Å². The lowest BCUT2D eigenvalue weighted by molar-refractivity contribution is -0.108. The van der Waals surface area contributed by atoms with Crippen LogP contribution >= 0.6 is 0 Å². The normalized spacial score (nSPS) is 20.2. The van der Waals surface area contributed by atoms with Crippen LogP contribution in [0.5, 0.6) is 0 Å². The third-order valence-electron chi connectivity index (χ3n) is 7.07. The molecule has 2 fully saturated rings. The van der Waals surface area contributed by atoms with Crippen molar-refractivity contribution in [3.8, 4) is 0 Å². The molecule has 0 bridgehead atoms. The molecule has 1 aromatic heterocycles. The highest BCUT2D eigenvalue weighted by molar-refractivity contribution is 5.69. The number of nitrogens with one attached hydrogen (secondary N) is 1. The summed E-state index contributed by atoms with van der Waals surface area (Å²) in [7, 11) is 0. The number of aromatic nitrogens is 2. The highest BCUT2D eigenvalue weighted by atomic mass is 16.6. The molecule has 3 heterocycles. The van der Waals surface area contributed by atoms with Crippen LogP contribution in [0, 0.1) is 11.3 Å². The van der Waals surface area contributed by atoms with Crippen LogP contribution in [0.15, 0.2) is 0 Å². The molecule has 0 aromatic carbocycles. The Morgan fingerprint density at radius 2 is 1.91 bits per heavy atom. The predicted molar refractivity (Wildman–Crippen MR) is 133 cm³/mol. The highest BCUT2D eigenvalue weighted by Crippen LogP contribution is 2.41. The van der Waals surface area contributed by atoms with Gasteiger partial charge in [-0.3, -0.25) is 0 Å². The van der Waals surface area contributed by atoms with Gasteiger partial charge in [0.15, 0.2) is 0 Å². The third-order valence-corrected chi connectivity index (χ3v) is 7.07. The van der Waals surface area contributed by atoms with E-state index in [9.17, 15) is 9.59 Å². The maximum absolute atomic E-state index is 12.4. The quantitative estimate of drug-likeness (QED) is 0.596. The maximum Gasteiger partial charge on any atom is 0.410 e. The lowest BCUT2D eigenvalue weighted by atomic mass is 9.79. The van der Waals surface area contributed by atoms with E-state index in [1.165, 1.54) is 5.56 Å². The molecule has 0 saturated carbocycles. The molecule has 8 heteroatoms. The number of amides is 1. The summed E-state index contributed by atoms with van der Waals surface area (Å²) in [6.07, 6.45) is 7.50. The molecule has 34 heavy (non-hydrogen) atoms. The summed E-state index contributed by atoms with van der Waals surface area (Å²) in [5.41, 5.74) is 2.00. The van der Waals surface area contributed by atoms with Crippen molar-refractivity contribution in [3.05, 3.63) is 11.3 Å². The van der Waals surface area contributed by atoms with Gasteiger partial charge in [0.05, 0.1) is 5.69 Å². The first-order chi connectivity index (χ1) is 16.1. The van der Waals surface area contributed by atoms with Gasteiger partial charge >= 0.3 is 6.09 Å². The van der Waals surface area contributed by atoms with Gasteiger partial charge < -0.3 is 24.6 Å². The number of likely N-dealkylation sites (tertiary alicyclic amines) is 1. The predicted octanol–water partition coefficient (Wildman–Crippen LogP) is 4.22. The Hall–Kier alpha value is -2.38. The standard InChI is InChI=1S/C26H41N5O3/c1-18(2)14-19(10-13-32)27-22-20-8-6-7-9-21(20)28-23(29-22)30-12-11-26(15-30)16-31(17-26)24(33)34-25(3,4)5/h13,18-19H,6-12,14-17H2,1-5H3,(H,27,28,29)/t19-/m1/s1. The molecule has 188 valence electrons. The van der Waals surface area contributed by atoms with Gasteiger partial charge in [-0.15, -0.1) is 0 Å². The van der Waals surface area contributed by atoms with E-state index in [1.807, 2.05) is 25.7 Å². The fraction of sp³-hybridized carbons (Fsp3) is 0.769. The molecule has 0 unspecified atom stereocenters. The minimum absolute atomic E-state index is 0.0882. The molecule has 0 radical (unpaired) electrons. The zero-order valence-corrected chi connectivity index (χ0v) is 21.5. The molecule has 1 amide bonds. The van der Waals surface area contributed by atoms with Gasteiger partial charge in [0, 0.05) is 49.6 Å². The fourth-order valence-corrected chi connectivity index (χ4v) is 5.52. The number of carbonyl (C=O) groups is 2. The van der Waals surface area contributed by atoms with Crippen LogP contribution in [-0.4, -0.2) is 65.1 Å². The van der Waals surface area contributed by atoms with Gasteiger partial charge in [-0.05, 0) is 65.2 Å². The summed E-state index contributed by atoms with van der Waals surface area (Å²) in [6.45, 7) is 13.3. The van der Waals surface area contributed by atoms with Crippen molar-refractivity contribution in [1.29, 1.82) is 0 Å². The zero-order valence-electron chi connectivity index (χ0n) is 21.5. The van der Waals surface area contributed by atoms with Gasteiger partial charge in [-0.1, -0.05) is 13.8 Å². The average Bonchev–Trinajstić information content (AvgIpc) is 3.17. The number of anilines is 2. The van der Waals surface area contributed by atoms with Crippen LogP contribution in [0.1, 0.15) is 78.0 Å². The largest absolute Gasteiger partial charge is 0.444 e. The van der Waals surface area contributed by atoms with Crippen LogP contribution < -0.4 is 10.2 Å². The third kappa shape index (κ3) is 5.63. The number of aryl methyl sites for hydroxylation is 1. The molecule has 8 nitrogen and oxygen atoms in total. The van der Waals surface area contributed by atoms with Gasteiger partial charge in [-0.2, -0.15) is 4.98 Å². The molecule has 4 rings (SSSR count). The molecule has 1 spiro atoms. The SMILES string of the molecule is CC(C)C[C@@H](CC=O)Nc1nc(N2CCC3(CN(C(=O)OC(C)(C)C)C3)C2)nc2c1CCCC2. The molecule has 1 aromatic rings. The molecule has 1 N–H and O–H groups in total. The first-order valence-electron chi connectivity index (χ1n) is 12.9. The highest BCUT2D eigenvalue weighted by Gasteiger charge is 2.50. The molecular formula is C26H41N5O3. The number of hydrogen-bond donors (Lipinski definition) is 1. The van der Waals surface area contributed by atoms with Crippen molar-refractivity contribution in [1.82, 2.24) is 14.9 Å². The van der Waals surface area contributed by atoms with E-state index in [0.717, 1.165) is 88.5 Å². The van der Waals surface area contributed by atoms with Crippen LogP contribution in [0.3, 0.4) is 0 Å². The molecule has 3 aliphatic rings. The van der Waals surface area contributed by atoms with Crippen LogP contribution in [-0.2, 0) is 22.4 Å². The van der Waals surface area contributed by atoms with E-state index in [-0.39, 0.29) is 17.6 Å². The van der Waals surface area contributed by atoms with Gasteiger partial charge in [-0.25, -0.2) is 9.78 Å². The lowest BCUT2D eigenvalue weighted by Gasteiger charge is -2.47. The molecule has 1 aliphatic carbocycles. The number of hydrogen-bond acceptors (Lipinski definition) is 7. The van der Waals surface area contributed by atoms with Crippen molar-refractivity contribution in [2.45, 2.75) is 91.2 Å². The monoisotopic (exact) mass is 471 g/mol. The average molecular weight is 472 g/mol. The maximum atomic E-state index is 12.4. The minimum Gasteiger partial charge on any atom is -0.444 e. The summed E-state index contributed by atoms with van der Waals surface area (Å²) in [5.74, 6) is 2.20. The molecule has 2 aliphatic heterocycles. The summed E-state index contributed by atoms with van der Waals surface area (Å²) in [6, 6.07) is 0.0882. The van der Waals surface area contributed by atoms with Crippen LogP contribution in [0.4, 0.5) is 16.6 Å². The van der Waals surface area contributed by atoms with Crippen molar-refractivity contribution < 1.29 is 14.3 Å². The zero-order chi connectivity index (χ0) is 24.5. The number of nitrogens with zero attached hydrogens (tertiary/aromatic N) is 4. The number of fused-ring (bicyclic) bond motifs is 1. The number of ether oxygens (including phenoxy) is 1. The van der Waals surface area contributed by atoms with E-state index in [0.29, 0.717) is 12.3 Å². The van der Waals surface area contributed by atoms with E-state index >= 15 is 0 Å². The van der Waals surface area contributed by atoms with Crippen LogP contribution in [0.25, 0.3) is 0 Å². The topological polar surface area (TPSA) is 87.7 Å². The Kier molecular flexibility index (Phi) is 7.06. The smallest absolute Gasteiger partial charge is 0.410 e. The first kappa shape index (κ1) is 24.7. The Labute approximate surface area is 203 Å². The Morgan fingerprint density at radius 3 is 2.59 bits per heavy atom. The van der Waals surface area contributed by atoms with Gasteiger partial charge in [0.25, 0.3) is 0 Å². The Balaban J connectivity index is 1.48. The van der Waals surface area contributed by atoms with E-state index in [2.05, 4.69) is 24.1 Å². The Morgan fingerprint density at radius 1 is 1.18 bits per heavy atom. The lowest BCUT2D eigenvalue weighted by Crippen LogP contribution is -2.60. The second-order valence-electron chi connectivity index (χ2n) is 11.9. The van der Waals surface area contributed by atoms with Crippen molar-refractivity contribution in [2.24, 2.45) is 11.3 Å². The molecular weight excluding hydrogens is 430 g/mol. The summed E-state index contributed by atoms with van der Waals surface area (Å²) in [5, 5.41) is 3.62. The molecule has 1 atom stereocenters. The fourth-order valence-electron chi connectivity index (χ4n) is 5.52. The van der Waals surface area contributed by atoms with Crippen LogP contribution in [0.2, 0.25) is 0 Å². The first-order valence-corrected chi connectivity index (χ1v) is 12.9. The molecule has 2 saturated heterocycles. The summed E-state index contributed by atoms with van der Waals surface area (Å²) in [4.78, 5) is 37.8. The Bertz CT molecular complexity index is 904. The van der Waals surface area contributed by atoms with Crippen molar-refractivity contribution >= 4 is 24.1 Å². The summed E-state index contributed by atoms with van der Waals surface area (Å²) < 4.78 is 5.53.